The summed E-state index contributed by atoms with van der Waals surface area (Å²) in [6.45, 7) is 0. The van der Waals surface area contributed by atoms with Crippen molar-refractivity contribution in [2.75, 3.05) is 0 Å². The van der Waals surface area contributed by atoms with Crippen LogP contribution in [-0.2, 0) is 0 Å². The van der Waals surface area contributed by atoms with Crippen molar-refractivity contribution in [1.29, 1.82) is 0 Å². The SMILES string of the molecule is C1=C/CCCCCCC2(CCCCCCC/1)CC2. The van der Waals surface area contributed by atoms with Gasteiger partial charge in [-0.2, -0.15) is 0 Å². The minimum absolute atomic E-state index is 0.844. The van der Waals surface area contributed by atoms with E-state index in [1.807, 2.05) is 0 Å². The van der Waals surface area contributed by atoms with Gasteiger partial charge in [-0.15, -0.1) is 0 Å². The van der Waals surface area contributed by atoms with Crippen LogP contribution in [0.2, 0.25) is 0 Å². The summed E-state index contributed by atoms with van der Waals surface area (Å²) in [4.78, 5) is 0. The third-order valence-corrected chi connectivity index (χ3v) is 5.03. The molecule has 0 amide bonds. The van der Waals surface area contributed by atoms with E-state index >= 15 is 0 Å². The molecule has 0 aromatic carbocycles. The fraction of sp³-hybridized carbons (Fsp3) is 0.889. The van der Waals surface area contributed by atoms with Crippen LogP contribution in [0.1, 0.15) is 96.3 Å². The molecule has 0 unspecified atom stereocenters. The van der Waals surface area contributed by atoms with E-state index in [0.29, 0.717) is 0 Å². The van der Waals surface area contributed by atoms with Crippen molar-refractivity contribution in [1.82, 2.24) is 0 Å². The summed E-state index contributed by atoms with van der Waals surface area (Å²) in [6, 6.07) is 0. The van der Waals surface area contributed by atoms with E-state index < -0.39 is 0 Å². The molecule has 1 fully saturated rings. The van der Waals surface area contributed by atoms with Crippen molar-refractivity contribution < 1.29 is 0 Å². The van der Waals surface area contributed by atoms with Gasteiger partial charge in [-0.3, -0.25) is 0 Å². The van der Waals surface area contributed by atoms with Crippen molar-refractivity contribution in [2.24, 2.45) is 5.41 Å². The molecular weight excluding hydrogens is 216 g/mol. The highest BCUT2D eigenvalue weighted by atomic mass is 14.5. The predicted octanol–water partition coefficient (Wildman–Crippen LogP) is 6.41. The Labute approximate surface area is 114 Å². The van der Waals surface area contributed by atoms with E-state index in [2.05, 4.69) is 12.2 Å². The maximum Gasteiger partial charge on any atom is -0.0297 e. The quantitative estimate of drug-likeness (QED) is 0.435. The smallest absolute Gasteiger partial charge is 0.0297 e. The second-order valence-electron chi connectivity index (χ2n) is 6.73. The molecule has 2 aliphatic carbocycles. The summed E-state index contributed by atoms with van der Waals surface area (Å²) < 4.78 is 0. The van der Waals surface area contributed by atoms with Gasteiger partial charge in [0.05, 0.1) is 0 Å². The van der Waals surface area contributed by atoms with Crippen molar-refractivity contribution in [2.45, 2.75) is 96.3 Å². The summed E-state index contributed by atoms with van der Waals surface area (Å²) in [5, 5.41) is 0. The lowest BCUT2D eigenvalue weighted by Crippen LogP contribution is -2.00. The molecule has 0 bridgehead atoms. The number of allylic oxidation sites excluding steroid dienone is 2. The van der Waals surface area contributed by atoms with Gasteiger partial charge in [0.25, 0.3) is 0 Å². The van der Waals surface area contributed by atoms with Gasteiger partial charge in [0.1, 0.15) is 0 Å². The standard InChI is InChI=1S/C18H32/c1-2-4-6-8-10-12-14-18(16-17-18)15-13-11-9-7-5-3-1/h1-2H,3-17H2/b2-1+. The Bertz CT molecular complexity index is 234. The molecule has 0 heteroatoms. The van der Waals surface area contributed by atoms with Gasteiger partial charge in [-0.1, -0.05) is 57.1 Å². The van der Waals surface area contributed by atoms with E-state index in [4.69, 9.17) is 0 Å². The van der Waals surface area contributed by atoms with Crippen molar-refractivity contribution in [3.05, 3.63) is 12.2 Å². The molecule has 0 heterocycles. The average Bonchev–Trinajstić information content (AvgIpc) is 3.13. The van der Waals surface area contributed by atoms with Gasteiger partial charge < -0.3 is 0 Å². The second kappa shape index (κ2) is 8.02. The van der Waals surface area contributed by atoms with E-state index in [1.165, 1.54) is 70.6 Å². The van der Waals surface area contributed by atoms with Gasteiger partial charge in [0, 0.05) is 0 Å². The van der Waals surface area contributed by atoms with Crippen LogP contribution < -0.4 is 0 Å². The molecule has 0 nitrogen and oxygen atoms in total. The fourth-order valence-corrected chi connectivity index (χ4v) is 3.45. The predicted molar refractivity (Wildman–Crippen MR) is 80.8 cm³/mol. The highest BCUT2D eigenvalue weighted by molar-refractivity contribution is 4.92. The largest absolute Gasteiger partial charge is 0.0885 e. The molecule has 104 valence electrons. The van der Waals surface area contributed by atoms with Crippen LogP contribution in [0.25, 0.3) is 0 Å². The molecule has 1 saturated carbocycles. The van der Waals surface area contributed by atoms with Crippen LogP contribution >= 0.6 is 0 Å². The zero-order chi connectivity index (χ0) is 12.5. The first-order chi connectivity index (χ1) is 8.91. The number of hydrogen-bond donors (Lipinski definition) is 0. The van der Waals surface area contributed by atoms with Gasteiger partial charge in [-0.05, 0) is 56.8 Å². The van der Waals surface area contributed by atoms with Gasteiger partial charge in [-0.25, -0.2) is 0 Å². The second-order valence-corrected chi connectivity index (χ2v) is 6.73. The van der Waals surface area contributed by atoms with Gasteiger partial charge >= 0.3 is 0 Å². The zero-order valence-electron chi connectivity index (χ0n) is 12.3. The molecule has 2 aliphatic rings. The molecule has 1 spiro atoms. The lowest BCUT2D eigenvalue weighted by Gasteiger charge is -2.14. The van der Waals surface area contributed by atoms with Crippen LogP contribution in [0, 0.1) is 5.41 Å². The fourth-order valence-electron chi connectivity index (χ4n) is 3.45. The first kappa shape index (κ1) is 14.2. The Balaban J connectivity index is 1.67. The Hall–Kier alpha value is -0.260. The molecule has 0 aromatic heterocycles. The van der Waals surface area contributed by atoms with Crippen molar-refractivity contribution in [3.8, 4) is 0 Å². The Morgan fingerprint density at radius 2 is 0.889 bits per heavy atom. The highest BCUT2D eigenvalue weighted by Gasteiger charge is 2.40. The molecule has 0 N–H and O–H groups in total. The summed E-state index contributed by atoms with van der Waals surface area (Å²) in [5.41, 5.74) is 0.844. The van der Waals surface area contributed by atoms with Crippen LogP contribution in [0.4, 0.5) is 0 Å². The molecule has 0 aliphatic heterocycles. The Morgan fingerprint density at radius 1 is 0.444 bits per heavy atom. The third-order valence-electron chi connectivity index (χ3n) is 5.03. The number of hydrogen-bond acceptors (Lipinski definition) is 0. The van der Waals surface area contributed by atoms with Crippen molar-refractivity contribution >= 4 is 0 Å². The molecule has 0 aromatic rings. The maximum atomic E-state index is 2.42. The summed E-state index contributed by atoms with van der Waals surface area (Å²) in [6.07, 6.45) is 26.9. The van der Waals surface area contributed by atoms with Gasteiger partial charge in [0.15, 0.2) is 0 Å². The van der Waals surface area contributed by atoms with Crippen LogP contribution in [0.5, 0.6) is 0 Å². The molecule has 0 radical (unpaired) electrons. The highest BCUT2D eigenvalue weighted by Crippen LogP contribution is 2.53. The lowest BCUT2D eigenvalue weighted by molar-refractivity contribution is 0.383. The van der Waals surface area contributed by atoms with E-state index in [1.54, 1.807) is 25.7 Å². The van der Waals surface area contributed by atoms with Crippen LogP contribution in [0.3, 0.4) is 0 Å². The average molecular weight is 248 g/mol. The first-order valence-corrected chi connectivity index (χ1v) is 8.56. The number of rotatable bonds is 0. The van der Waals surface area contributed by atoms with E-state index in [9.17, 15) is 0 Å². The maximum absolute atomic E-state index is 2.42. The summed E-state index contributed by atoms with van der Waals surface area (Å²) in [5.74, 6) is 0. The summed E-state index contributed by atoms with van der Waals surface area (Å²) in [7, 11) is 0. The zero-order valence-corrected chi connectivity index (χ0v) is 12.3. The third kappa shape index (κ3) is 5.59. The normalized spacial score (nSPS) is 28.9. The minimum Gasteiger partial charge on any atom is -0.0885 e. The first-order valence-electron chi connectivity index (χ1n) is 8.56. The summed E-state index contributed by atoms with van der Waals surface area (Å²) >= 11 is 0. The van der Waals surface area contributed by atoms with Crippen LogP contribution in [0.15, 0.2) is 12.2 Å². The molecule has 0 saturated heterocycles. The molecule has 18 heavy (non-hydrogen) atoms. The molecule has 2 rings (SSSR count). The topological polar surface area (TPSA) is 0 Å². The Kier molecular flexibility index (Phi) is 6.31. The molecule has 0 atom stereocenters. The Morgan fingerprint density at radius 3 is 1.39 bits per heavy atom. The van der Waals surface area contributed by atoms with E-state index in [-0.39, 0.29) is 0 Å². The van der Waals surface area contributed by atoms with Gasteiger partial charge in [0.2, 0.25) is 0 Å². The van der Waals surface area contributed by atoms with E-state index in [0.717, 1.165) is 5.41 Å². The lowest BCUT2D eigenvalue weighted by atomic mass is 9.91. The minimum atomic E-state index is 0.844. The monoisotopic (exact) mass is 248 g/mol. The molecular formula is C18H32. The van der Waals surface area contributed by atoms with Crippen LogP contribution in [-0.4, -0.2) is 0 Å². The van der Waals surface area contributed by atoms with Crippen molar-refractivity contribution in [3.63, 3.8) is 0 Å².